The summed E-state index contributed by atoms with van der Waals surface area (Å²) in [5.41, 5.74) is 2.87. The first-order valence-electron chi connectivity index (χ1n) is 8.34. The van der Waals surface area contributed by atoms with Crippen LogP contribution in [0.2, 0.25) is 0 Å². The smallest absolute Gasteiger partial charge is 0.239 e. The topological polar surface area (TPSA) is 40.6 Å². The van der Waals surface area contributed by atoms with Gasteiger partial charge in [-0.3, -0.25) is 9.59 Å². The minimum atomic E-state index is -0.265. The van der Waals surface area contributed by atoms with E-state index in [2.05, 4.69) is 4.90 Å². The molecule has 0 saturated carbocycles. The maximum atomic E-state index is 12.9. The van der Waals surface area contributed by atoms with Crippen molar-refractivity contribution in [3.8, 4) is 0 Å². The first-order valence-corrected chi connectivity index (χ1v) is 8.34. The van der Waals surface area contributed by atoms with Crippen molar-refractivity contribution in [2.45, 2.75) is 19.9 Å². The Morgan fingerprint density at radius 3 is 2.17 bits per heavy atom. The number of nitrogens with zero attached hydrogens (tertiary/aromatic N) is 2. The van der Waals surface area contributed by atoms with Gasteiger partial charge in [0.25, 0.3) is 0 Å². The van der Waals surface area contributed by atoms with Gasteiger partial charge in [0, 0.05) is 18.3 Å². The largest absolute Gasteiger partial charge is 0.367 e. The second-order valence-corrected chi connectivity index (χ2v) is 6.71. The summed E-state index contributed by atoms with van der Waals surface area (Å²) in [6, 6.07) is 17.6. The Bertz CT molecular complexity index is 785. The van der Waals surface area contributed by atoms with E-state index in [0.29, 0.717) is 12.2 Å². The van der Waals surface area contributed by atoms with Gasteiger partial charge in [0.15, 0.2) is 0 Å². The van der Waals surface area contributed by atoms with Crippen molar-refractivity contribution >= 4 is 23.2 Å². The monoisotopic (exact) mass is 320 g/mol. The highest BCUT2D eigenvalue weighted by Gasteiger charge is 2.56. The van der Waals surface area contributed by atoms with Crippen LogP contribution in [0.1, 0.15) is 12.5 Å². The van der Waals surface area contributed by atoms with Crippen LogP contribution in [-0.4, -0.2) is 24.4 Å². The summed E-state index contributed by atoms with van der Waals surface area (Å²) in [5.74, 6) is -0.660. The van der Waals surface area contributed by atoms with E-state index in [1.807, 2.05) is 68.4 Å². The highest BCUT2D eigenvalue weighted by molar-refractivity contribution is 6.23. The molecule has 0 spiro atoms. The molecule has 2 aliphatic heterocycles. The fourth-order valence-electron chi connectivity index (χ4n) is 3.96. The number of carbonyl (C=O) groups is 2. The fraction of sp³-hybridized carbons (Fsp3) is 0.300. The third-order valence-corrected chi connectivity index (χ3v) is 5.26. The van der Waals surface area contributed by atoms with Crippen LogP contribution >= 0.6 is 0 Å². The molecule has 4 heteroatoms. The second kappa shape index (κ2) is 5.48. The number of imide groups is 1. The zero-order valence-corrected chi connectivity index (χ0v) is 13.8. The van der Waals surface area contributed by atoms with Gasteiger partial charge in [-0.25, -0.2) is 4.90 Å². The zero-order chi connectivity index (χ0) is 16.8. The average Bonchev–Trinajstić information content (AvgIpc) is 3.06. The molecule has 3 atom stereocenters. The lowest BCUT2D eigenvalue weighted by atomic mass is 9.94. The number of fused-ring (bicyclic) bond motifs is 1. The first kappa shape index (κ1) is 14.9. The summed E-state index contributed by atoms with van der Waals surface area (Å²) in [6.07, 6.45) is 0. The maximum Gasteiger partial charge on any atom is 0.239 e. The quantitative estimate of drug-likeness (QED) is 0.799. The molecule has 2 aromatic rings. The number of amides is 2. The van der Waals surface area contributed by atoms with Gasteiger partial charge >= 0.3 is 0 Å². The molecular weight excluding hydrogens is 300 g/mol. The van der Waals surface area contributed by atoms with Gasteiger partial charge in [-0.1, -0.05) is 35.9 Å². The standard InChI is InChI=1S/C20H20N2O2/c1-13-8-10-16(11-9-13)22-19(23)17-12-21(14(2)18(17)20(22)24)15-6-4-3-5-7-15/h3-11,14,17-18H,12H2,1-2H3/t14-,17?,18-/m0/s1. The van der Waals surface area contributed by atoms with E-state index >= 15 is 0 Å². The number of para-hydroxylation sites is 1. The van der Waals surface area contributed by atoms with Gasteiger partial charge < -0.3 is 4.90 Å². The molecule has 2 aliphatic rings. The van der Waals surface area contributed by atoms with Crippen molar-refractivity contribution in [2.75, 3.05) is 16.3 Å². The summed E-state index contributed by atoms with van der Waals surface area (Å²) in [6.45, 7) is 4.64. The highest BCUT2D eigenvalue weighted by atomic mass is 16.2. The summed E-state index contributed by atoms with van der Waals surface area (Å²) >= 11 is 0. The molecule has 122 valence electrons. The molecule has 2 aromatic carbocycles. The van der Waals surface area contributed by atoms with Crippen molar-refractivity contribution < 1.29 is 9.59 Å². The van der Waals surface area contributed by atoms with Crippen molar-refractivity contribution in [2.24, 2.45) is 11.8 Å². The lowest BCUT2D eigenvalue weighted by Crippen LogP contribution is -2.39. The molecule has 0 aliphatic carbocycles. The fourth-order valence-corrected chi connectivity index (χ4v) is 3.96. The van der Waals surface area contributed by atoms with E-state index in [-0.39, 0.29) is 29.7 Å². The van der Waals surface area contributed by atoms with E-state index in [1.165, 1.54) is 4.90 Å². The molecule has 0 radical (unpaired) electrons. The summed E-state index contributed by atoms with van der Waals surface area (Å²) < 4.78 is 0. The SMILES string of the molecule is Cc1ccc(N2C(=O)C3CN(c4ccccc4)[C@@H](C)[C@@H]3C2=O)cc1. The van der Waals surface area contributed by atoms with Crippen LogP contribution in [0.5, 0.6) is 0 Å². The Morgan fingerprint density at radius 1 is 0.875 bits per heavy atom. The highest BCUT2D eigenvalue weighted by Crippen LogP contribution is 2.41. The molecule has 2 saturated heterocycles. The Kier molecular flexibility index (Phi) is 3.41. The summed E-state index contributed by atoms with van der Waals surface area (Å²) in [4.78, 5) is 29.4. The third kappa shape index (κ3) is 2.13. The van der Waals surface area contributed by atoms with E-state index in [4.69, 9.17) is 0 Å². The number of hydrogen-bond acceptors (Lipinski definition) is 3. The van der Waals surface area contributed by atoms with E-state index in [1.54, 1.807) is 0 Å². The van der Waals surface area contributed by atoms with E-state index < -0.39 is 0 Å². The van der Waals surface area contributed by atoms with Gasteiger partial charge in [-0.2, -0.15) is 0 Å². The molecular formula is C20H20N2O2. The van der Waals surface area contributed by atoms with Crippen LogP contribution in [0.15, 0.2) is 54.6 Å². The lowest BCUT2D eigenvalue weighted by Gasteiger charge is -2.27. The molecule has 2 amide bonds. The van der Waals surface area contributed by atoms with Crippen molar-refractivity contribution in [3.63, 3.8) is 0 Å². The summed E-state index contributed by atoms with van der Waals surface area (Å²) in [7, 11) is 0. The number of hydrogen-bond donors (Lipinski definition) is 0. The van der Waals surface area contributed by atoms with Crippen LogP contribution in [0.25, 0.3) is 0 Å². The molecule has 0 N–H and O–H groups in total. The number of rotatable bonds is 2. The van der Waals surface area contributed by atoms with Crippen LogP contribution in [-0.2, 0) is 9.59 Å². The van der Waals surface area contributed by atoms with E-state index in [0.717, 1.165) is 11.3 Å². The van der Waals surface area contributed by atoms with Gasteiger partial charge in [0.1, 0.15) is 0 Å². The predicted molar refractivity (Wildman–Crippen MR) is 93.9 cm³/mol. The van der Waals surface area contributed by atoms with Crippen molar-refractivity contribution in [1.82, 2.24) is 0 Å². The average molecular weight is 320 g/mol. The van der Waals surface area contributed by atoms with Gasteiger partial charge in [0.2, 0.25) is 11.8 Å². The van der Waals surface area contributed by atoms with Crippen LogP contribution in [0.4, 0.5) is 11.4 Å². The Balaban J connectivity index is 1.64. The molecule has 2 fully saturated rings. The van der Waals surface area contributed by atoms with E-state index in [9.17, 15) is 9.59 Å². The molecule has 2 heterocycles. The molecule has 0 bridgehead atoms. The number of carbonyl (C=O) groups excluding carboxylic acids is 2. The lowest BCUT2D eigenvalue weighted by molar-refractivity contribution is -0.122. The third-order valence-electron chi connectivity index (χ3n) is 5.26. The predicted octanol–water partition coefficient (Wildman–Crippen LogP) is 3.01. The van der Waals surface area contributed by atoms with Crippen molar-refractivity contribution in [3.05, 3.63) is 60.2 Å². The summed E-state index contributed by atoms with van der Waals surface area (Å²) in [5, 5.41) is 0. The van der Waals surface area contributed by atoms with Crippen LogP contribution in [0, 0.1) is 18.8 Å². The molecule has 4 nitrogen and oxygen atoms in total. The molecule has 1 unspecified atom stereocenters. The molecule has 24 heavy (non-hydrogen) atoms. The maximum absolute atomic E-state index is 12.9. The Hall–Kier alpha value is -2.62. The Labute approximate surface area is 141 Å². The first-order chi connectivity index (χ1) is 11.6. The van der Waals surface area contributed by atoms with Crippen LogP contribution in [0.3, 0.4) is 0 Å². The number of aryl methyl sites for hydroxylation is 1. The minimum absolute atomic E-state index is 0.0179. The van der Waals surface area contributed by atoms with Gasteiger partial charge in [-0.05, 0) is 38.1 Å². The minimum Gasteiger partial charge on any atom is -0.367 e. The molecule has 0 aromatic heterocycles. The molecule has 4 rings (SSSR count). The zero-order valence-electron chi connectivity index (χ0n) is 13.8. The van der Waals surface area contributed by atoms with Crippen molar-refractivity contribution in [1.29, 1.82) is 0 Å². The number of anilines is 2. The Morgan fingerprint density at radius 2 is 1.54 bits per heavy atom. The number of benzene rings is 2. The van der Waals surface area contributed by atoms with Gasteiger partial charge in [-0.15, -0.1) is 0 Å². The van der Waals surface area contributed by atoms with Crippen LogP contribution < -0.4 is 9.80 Å². The van der Waals surface area contributed by atoms with Gasteiger partial charge in [0.05, 0.1) is 17.5 Å². The second-order valence-electron chi connectivity index (χ2n) is 6.71. The normalized spacial score (nSPS) is 26.2.